The minimum atomic E-state index is 0.0981. The summed E-state index contributed by atoms with van der Waals surface area (Å²) in [6.45, 7) is 1.54. The molecule has 0 radical (unpaired) electrons. The molecule has 1 saturated carbocycles. The summed E-state index contributed by atoms with van der Waals surface area (Å²) >= 11 is 0. The second-order valence-corrected chi connectivity index (χ2v) is 5.06. The van der Waals surface area contributed by atoms with Crippen LogP contribution in [-0.4, -0.2) is 19.5 Å². The van der Waals surface area contributed by atoms with Gasteiger partial charge in [-0.1, -0.05) is 24.3 Å². The van der Waals surface area contributed by atoms with Crippen LogP contribution in [-0.2, 0) is 4.74 Å². The van der Waals surface area contributed by atoms with Crippen molar-refractivity contribution in [1.29, 1.82) is 5.26 Å². The second kappa shape index (κ2) is 3.68. The molecule has 1 spiro atoms. The number of benzene rings is 1. The summed E-state index contributed by atoms with van der Waals surface area (Å²) in [6, 6.07) is 9.96. The van der Waals surface area contributed by atoms with Crippen molar-refractivity contribution in [3.05, 3.63) is 35.4 Å². The number of nitriles is 1. The van der Waals surface area contributed by atoms with Crippen LogP contribution < -0.4 is 0 Å². The SMILES string of the molecule is N#CC1CC2(COC2)C1c1ccc(C=O)cc1. The molecule has 1 aliphatic carbocycles. The molecule has 1 heterocycles. The van der Waals surface area contributed by atoms with E-state index in [1.165, 1.54) is 0 Å². The fraction of sp³-hybridized carbons (Fsp3) is 0.429. The van der Waals surface area contributed by atoms with Crippen molar-refractivity contribution < 1.29 is 9.53 Å². The highest BCUT2D eigenvalue weighted by Gasteiger charge is 2.58. The molecule has 1 aromatic rings. The number of carbonyl (C=O) groups excluding carboxylic acids is 1. The van der Waals surface area contributed by atoms with Crippen molar-refractivity contribution in [2.24, 2.45) is 11.3 Å². The summed E-state index contributed by atoms with van der Waals surface area (Å²) in [5.41, 5.74) is 2.04. The number of hydrogen-bond donors (Lipinski definition) is 0. The predicted octanol–water partition coefficient (Wildman–Crippen LogP) is 2.14. The quantitative estimate of drug-likeness (QED) is 0.727. The number of carbonyl (C=O) groups is 1. The van der Waals surface area contributed by atoms with Crippen LogP contribution in [0.2, 0.25) is 0 Å². The Balaban J connectivity index is 1.90. The lowest BCUT2D eigenvalue weighted by Crippen LogP contribution is -2.57. The lowest BCUT2D eigenvalue weighted by molar-refractivity contribution is -0.186. The van der Waals surface area contributed by atoms with E-state index < -0.39 is 0 Å². The number of rotatable bonds is 2. The van der Waals surface area contributed by atoms with Gasteiger partial charge in [-0.15, -0.1) is 0 Å². The second-order valence-electron chi connectivity index (χ2n) is 5.06. The van der Waals surface area contributed by atoms with Gasteiger partial charge in [0.2, 0.25) is 0 Å². The molecule has 1 aliphatic heterocycles. The Hall–Kier alpha value is -1.66. The van der Waals surface area contributed by atoms with Gasteiger partial charge in [0.15, 0.2) is 0 Å². The van der Waals surface area contributed by atoms with Gasteiger partial charge in [0.1, 0.15) is 6.29 Å². The van der Waals surface area contributed by atoms with E-state index in [4.69, 9.17) is 10.00 Å². The molecule has 86 valence electrons. The zero-order valence-corrected chi connectivity index (χ0v) is 9.43. The van der Waals surface area contributed by atoms with Crippen LogP contribution in [0.25, 0.3) is 0 Å². The largest absolute Gasteiger partial charge is 0.380 e. The van der Waals surface area contributed by atoms with Gasteiger partial charge < -0.3 is 4.74 Å². The van der Waals surface area contributed by atoms with Gasteiger partial charge in [-0.25, -0.2) is 0 Å². The summed E-state index contributed by atoms with van der Waals surface area (Å²) in [6.07, 6.45) is 1.79. The summed E-state index contributed by atoms with van der Waals surface area (Å²) in [5.74, 6) is 0.378. The maximum atomic E-state index is 10.6. The van der Waals surface area contributed by atoms with Gasteiger partial charge in [-0.3, -0.25) is 4.79 Å². The number of aldehydes is 1. The van der Waals surface area contributed by atoms with E-state index in [2.05, 4.69) is 6.07 Å². The lowest BCUT2D eigenvalue weighted by atomic mass is 9.51. The average Bonchev–Trinajstić information content (AvgIpc) is 2.27. The van der Waals surface area contributed by atoms with Gasteiger partial charge in [-0.05, 0) is 12.0 Å². The summed E-state index contributed by atoms with van der Waals surface area (Å²) in [4.78, 5) is 10.6. The van der Waals surface area contributed by atoms with E-state index in [9.17, 15) is 4.79 Å². The monoisotopic (exact) mass is 227 g/mol. The van der Waals surface area contributed by atoms with Crippen LogP contribution in [0, 0.1) is 22.7 Å². The Morgan fingerprint density at radius 2 is 2.06 bits per heavy atom. The standard InChI is InChI=1S/C14H13NO2/c15-6-12-5-14(8-17-9-14)13(12)11-3-1-10(7-16)2-4-11/h1-4,7,12-13H,5,8-9H2. The third-order valence-corrected chi connectivity index (χ3v) is 4.07. The highest BCUT2D eigenvalue weighted by molar-refractivity contribution is 5.74. The third kappa shape index (κ3) is 1.41. The molecule has 3 nitrogen and oxygen atoms in total. The lowest BCUT2D eigenvalue weighted by Gasteiger charge is -2.58. The molecule has 17 heavy (non-hydrogen) atoms. The summed E-state index contributed by atoms with van der Waals surface area (Å²) in [5, 5.41) is 9.12. The number of nitrogens with zero attached hydrogens (tertiary/aromatic N) is 1. The van der Waals surface area contributed by atoms with E-state index in [0.717, 1.165) is 31.5 Å². The molecular weight excluding hydrogens is 214 g/mol. The molecule has 0 bridgehead atoms. The Morgan fingerprint density at radius 3 is 2.53 bits per heavy atom. The average molecular weight is 227 g/mol. The van der Waals surface area contributed by atoms with Crippen molar-refractivity contribution in [3.63, 3.8) is 0 Å². The first kappa shape index (κ1) is 10.5. The van der Waals surface area contributed by atoms with E-state index in [-0.39, 0.29) is 17.3 Å². The minimum absolute atomic E-state index is 0.0981. The van der Waals surface area contributed by atoms with Crippen LogP contribution in [0.1, 0.15) is 28.3 Å². The third-order valence-electron chi connectivity index (χ3n) is 4.07. The Morgan fingerprint density at radius 1 is 1.35 bits per heavy atom. The maximum Gasteiger partial charge on any atom is 0.150 e. The summed E-state index contributed by atoms with van der Waals surface area (Å²) < 4.78 is 5.30. The molecule has 2 fully saturated rings. The first-order valence-electron chi connectivity index (χ1n) is 5.81. The van der Waals surface area contributed by atoms with E-state index in [0.29, 0.717) is 5.56 Å². The van der Waals surface area contributed by atoms with E-state index in [1.807, 2.05) is 24.3 Å². The van der Waals surface area contributed by atoms with Gasteiger partial charge in [-0.2, -0.15) is 5.26 Å². The Bertz CT molecular complexity index is 482. The van der Waals surface area contributed by atoms with Crippen molar-refractivity contribution in [1.82, 2.24) is 0 Å². The van der Waals surface area contributed by atoms with Gasteiger partial charge in [0, 0.05) is 16.9 Å². The van der Waals surface area contributed by atoms with Crippen LogP contribution >= 0.6 is 0 Å². The maximum absolute atomic E-state index is 10.6. The molecule has 0 aromatic heterocycles. The molecule has 0 N–H and O–H groups in total. The van der Waals surface area contributed by atoms with Crippen molar-refractivity contribution >= 4 is 6.29 Å². The van der Waals surface area contributed by atoms with E-state index >= 15 is 0 Å². The van der Waals surface area contributed by atoms with Gasteiger partial charge >= 0.3 is 0 Å². The van der Waals surface area contributed by atoms with Crippen LogP contribution in [0.4, 0.5) is 0 Å². The molecule has 1 saturated heterocycles. The van der Waals surface area contributed by atoms with Crippen LogP contribution in [0.5, 0.6) is 0 Å². The normalized spacial score (nSPS) is 28.9. The zero-order valence-electron chi connectivity index (χ0n) is 9.43. The molecule has 2 atom stereocenters. The highest BCUT2D eigenvalue weighted by Crippen LogP contribution is 2.60. The van der Waals surface area contributed by atoms with E-state index in [1.54, 1.807) is 0 Å². The van der Waals surface area contributed by atoms with Crippen molar-refractivity contribution in [2.45, 2.75) is 12.3 Å². The molecular formula is C14H13NO2. The smallest absolute Gasteiger partial charge is 0.150 e. The minimum Gasteiger partial charge on any atom is -0.380 e. The number of ether oxygens (including phenoxy) is 1. The molecule has 2 aliphatic rings. The van der Waals surface area contributed by atoms with Crippen LogP contribution in [0.15, 0.2) is 24.3 Å². The topological polar surface area (TPSA) is 50.1 Å². The fourth-order valence-corrected chi connectivity index (χ4v) is 3.10. The van der Waals surface area contributed by atoms with Crippen molar-refractivity contribution in [2.75, 3.05) is 13.2 Å². The highest BCUT2D eigenvalue weighted by atomic mass is 16.5. The fourth-order valence-electron chi connectivity index (χ4n) is 3.10. The Kier molecular flexibility index (Phi) is 2.27. The molecule has 3 heteroatoms. The molecule has 2 unspecified atom stereocenters. The zero-order chi connectivity index (χ0) is 11.9. The van der Waals surface area contributed by atoms with Crippen LogP contribution in [0.3, 0.4) is 0 Å². The van der Waals surface area contributed by atoms with Gasteiger partial charge in [0.05, 0.1) is 25.2 Å². The molecule has 1 aromatic carbocycles. The summed E-state index contributed by atoms with van der Waals surface area (Å²) in [7, 11) is 0. The predicted molar refractivity (Wildman–Crippen MR) is 61.5 cm³/mol. The van der Waals surface area contributed by atoms with Crippen molar-refractivity contribution in [3.8, 4) is 6.07 Å². The Labute approximate surface area is 100 Å². The van der Waals surface area contributed by atoms with Gasteiger partial charge in [0.25, 0.3) is 0 Å². The first-order chi connectivity index (χ1) is 8.29. The number of hydrogen-bond acceptors (Lipinski definition) is 3. The first-order valence-corrected chi connectivity index (χ1v) is 5.81. The molecule has 3 rings (SSSR count). The molecule has 0 amide bonds.